The first-order chi connectivity index (χ1) is 8.68. The Bertz CT molecular complexity index is 288. The minimum atomic E-state index is -0.0538. The summed E-state index contributed by atoms with van der Waals surface area (Å²) in [5, 5.41) is 18.4. The van der Waals surface area contributed by atoms with Gasteiger partial charge in [-0.2, -0.15) is 0 Å². The van der Waals surface area contributed by atoms with E-state index in [1.807, 2.05) is 0 Å². The third kappa shape index (κ3) is 5.97. The normalized spacial score (nSPS) is 32.9. The molecule has 0 aromatic rings. The van der Waals surface area contributed by atoms with Gasteiger partial charge in [0.15, 0.2) is 0 Å². The van der Waals surface area contributed by atoms with E-state index in [1.165, 1.54) is 6.54 Å². The minimum absolute atomic E-state index is 0. The molecule has 1 saturated heterocycles. The van der Waals surface area contributed by atoms with E-state index in [0.717, 1.165) is 25.8 Å². The van der Waals surface area contributed by atoms with E-state index >= 15 is 0 Å². The van der Waals surface area contributed by atoms with Gasteiger partial charge < -0.3 is 21.5 Å². The van der Waals surface area contributed by atoms with E-state index in [0.29, 0.717) is 5.41 Å². The average molecular weight is 740 g/mol. The molecule has 2 aliphatic rings. The van der Waals surface area contributed by atoms with Crippen molar-refractivity contribution in [3.05, 3.63) is 6.42 Å². The predicted molar refractivity (Wildman–Crippen MR) is 86.5 cm³/mol. The zero-order valence-electron chi connectivity index (χ0n) is 14.5. The first-order valence-corrected chi connectivity index (χ1v) is 7.43. The summed E-state index contributed by atoms with van der Waals surface area (Å²) in [4.78, 5) is 2.33. The minimum Gasteiger partial charge on any atom is -0.396 e. The molecule has 2 N–H and O–H groups in total. The third-order valence-electron chi connectivity index (χ3n) is 5.25. The van der Waals surface area contributed by atoms with Gasteiger partial charge in [-0.05, 0) is 37.3 Å². The van der Waals surface area contributed by atoms with Crippen molar-refractivity contribution < 1.29 is 30.6 Å². The smallest absolute Gasteiger partial charge is 0.0490 e. The van der Waals surface area contributed by atoms with Gasteiger partial charge in [0.2, 0.25) is 0 Å². The molecular formula is C17H36NO2ReRf-. The number of nitrogens with zero attached hydrogens (tertiary/aromatic N) is 1. The van der Waals surface area contributed by atoms with E-state index in [1.54, 1.807) is 0 Å². The Kier molecular flexibility index (Phi) is 11.6. The molecule has 131 valence electrons. The molecule has 3 nitrogen and oxygen atoms in total. The Morgan fingerprint density at radius 3 is 1.59 bits per heavy atom. The van der Waals surface area contributed by atoms with Gasteiger partial charge in [-0.3, -0.25) is 0 Å². The van der Waals surface area contributed by atoms with Gasteiger partial charge in [-0.25, -0.2) is 0 Å². The second kappa shape index (κ2) is 9.63. The van der Waals surface area contributed by atoms with E-state index < -0.39 is 0 Å². The summed E-state index contributed by atoms with van der Waals surface area (Å²) in [6, 6.07) is 0. The van der Waals surface area contributed by atoms with Gasteiger partial charge in [0.05, 0.1) is 0 Å². The topological polar surface area (TPSA) is 43.7 Å². The summed E-state index contributed by atoms with van der Waals surface area (Å²) in [6.45, 7) is 11.5. The van der Waals surface area contributed by atoms with Crippen LogP contribution in [0.3, 0.4) is 0 Å². The van der Waals surface area contributed by atoms with Crippen molar-refractivity contribution in [2.75, 3.05) is 33.4 Å². The second-order valence-corrected chi connectivity index (χ2v) is 7.68. The van der Waals surface area contributed by atoms with Crippen LogP contribution in [0.15, 0.2) is 0 Å². The van der Waals surface area contributed by atoms with Crippen molar-refractivity contribution in [1.29, 1.82) is 0 Å². The molecule has 1 radical (unpaired) electrons. The molecule has 0 aromatic carbocycles. The molecule has 22 heavy (non-hydrogen) atoms. The Labute approximate surface area is 146 Å². The van der Waals surface area contributed by atoms with Crippen molar-refractivity contribution in [1.82, 2.24) is 4.90 Å². The maximum absolute atomic E-state index is 9.18. The molecule has 0 spiro atoms. The SMILES string of the molecule is C.CN1C[CH-]C(C)(C)C1.C[C@]1(CO)CCC[C@@]1(C)CO.[Re].[Rf]. The number of hydrogen-bond donors (Lipinski definition) is 2. The monoisotopic (exact) mass is 740 g/mol. The average Bonchev–Trinajstić information content (AvgIpc) is 2.82. The number of aliphatic hydroxyl groups is 2. The van der Waals surface area contributed by atoms with Crippen molar-refractivity contribution >= 4 is 0 Å². The third-order valence-corrected chi connectivity index (χ3v) is 5.25. The van der Waals surface area contributed by atoms with Crippen LogP contribution in [0.2, 0.25) is 0 Å². The molecule has 2 fully saturated rings. The molecule has 2 rings (SSSR count). The quantitative estimate of drug-likeness (QED) is 0.429. The molecule has 2 atom stereocenters. The first kappa shape index (κ1) is 26.4. The summed E-state index contributed by atoms with van der Waals surface area (Å²) >= 11 is 0. The van der Waals surface area contributed by atoms with Crippen LogP contribution in [-0.4, -0.2) is 48.5 Å². The Morgan fingerprint density at radius 1 is 1.00 bits per heavy atom. The number of likely N-dealkylation sites (tertiary alicyclic amines) is 1. The van der Waals surface area contributed by atoms with Crippen LogP contribution >= 0.6 is 0 Å². The molecule has 0 bridgehead atoms. The van der Waals surface area contributed by atoms with Gasteiger partial charge in [0.25, 0.3) is 0 Å². The van der Waals surface area contributed by atoms with Gasteiger partial charge >= 0.3 is 0 Å². The molecule has 1 saturated carbocycles. The fourth-order valence-electron chi connectivity index (χ4n) is 3.24. The molecule has 1 aliphatic carbocycles. The predicted octanol–water partition coefficient (Wildman–Crippen LogP) is 2.96. The maximum Gasteiger partial charge on any atom is 0.0490 e. The van der Waals surface area contributed by atoms with Crippen LogP contribution in [-0.2, 0) is 20.4 Å². The fraction of sp³-hybridized carbons (Fsp3) is 0.941. The maximum atomic E-state index is 9.18. The van der Waals surface area contributed by atoms with Gasteiger partial charge in [-0.15, -0.1) is 12.0 Å². The van der Waals surface area contributed by atoms with Crippen LogP contribution < -0.4 is 0 Å². The summed E-state index contributed by atoms with van der Waals surface area (Å²) in [5.74, 6) is 0. The van der Waals surface area contributed by atoms with E-state index in [-0.39, 0.29) is 51.9 Å². The van der Waals surface area contributed by atoms with Gasteiger partial charge in [0, 0.05) is 33.6 Å². The van der Waals surface area contributed by atoms with E-state index in [9.17, 15) is 10.2 Å². The number of rotatable bonds is 2. The van der Waals surface area contributed by atoms with Crippen molar-refractivity contribution in [2.24, 2.45) is 16.2 Å². The first-order valence-electron chi connectivity index (χ1n) is 7.43. The summed E-state index contributed by atoms with van der Waals surface area (Å²) in [7, 11) is 2.16. The molecule has 1 aliphatic heterocycles. The number of hydrogen-bond acceptors (Lipinski definition) is 3. The zero-order valence-corrected chi connectivity index (χ0v) is 23.6. The van der Waals surface area contributed by atoms with Gasteiger partial charge in [-0.1, -0.05) is 41.5 Å². The van der Waals surface area contributed by atoms with Crippen LogP contribution in [0, 0.1) is 22.7 Å². The van der Waals surface area contributed by atoms with Crippen molar-refractivity contribution in [2.45, 2.75) is 54.4 Å². The summed E-state index contributed by atoms with van der Waals surface area (Å²) < 4.78 is 0. The number of aliphatic hydroxyl groups excluding tert-OH is 2. The Morgan fingerprint density at radius 2 is 1.41 bits per heavy atom. The Hall–Kier alpha value is -0.458. The molecule has 5 heteroatoms. The van der Waals surface area contributed by atoms with Crippen LogP contribution in [0.5, 0.6) is 0 Å². The molecule has 0 amide bonds. The van der Waals surface area contributed by atoms with Crippen LogP contribution in [0.25, 0.3) is 0 Å². The molecule has 1 heterocycles. The summed E-state index contributed by atoms with van der Waals surface area (Å²) in [6.07, 6.45) is 5.59. The molecular weight excluding hydrogens is 703 g/mol. The largest absolute Gasteiger partial charge is 0.396 e. The second-order valence-electron chi connectivity index (χ2n) is 7.68. The zero-order chi connectivity index (χ0) is 14.7. The van der Waals surface area contributed by atoms with Crippen molar-refractivity contribution in [3.63, 3.8) is 0 Å². The summed E-state index contributed by atoms with van der Waals surface area (Å²) in [5.41, 5.74) is 0.359. The standard InChI is InChI=1S/C9H18O2.C7H14N.CH4.Re.Rf/c1-8(6-10)4-3-5-9(8,2)7-11;1-7(2)4-5-8(3)6-7;;;/h10-11H,3-7H2,1-2H3;4H,5-6H2,1-3H3;1H4;;/q;-1;;;/t8-,9+;;;;. The van der Waals surface area contributed by atoms with Gasteiger partial charge in [0.1, 0.15) is 0 Å². The molecule has 0 unspecified atom stereocenters. The van der Waals surface area contributed by atoms with Crippen molar-refractivity contribution in [3.8, 4) is 0 Å². The van der Waals surface area contributed by atoms with Crippen LogP contribution in [0.1, 0.15) is 54.4 Å². The fourth-order valence-corrected chi connectivity index (χ4v) is 3.24. The van der Waals surface area contributed by atoms with E-state index in [2.05, 4.69) is 46.1 Å². The Balaban J connectivity index is -0.000000299. The van der Waals surface area contributed by atoms with Crippen LogP contribution in [0.4, 0.5) is 0 Å². The van der Waals surface area contributed by atoms with E-state index in [4.69, 9.17) is 0 Å². The molecule has 0 aromatic heterocycles.